The highest BCUT2D eigenvalue weighted by Crippen LogP contribution is 2.45. The lowest BCUT2D eigenvalue weighted by molar-refractivity contribution is 1.64. The van der Waals surface area contributed by atoms with Gasteiger partial charge in [-0.05, 0) is 88.6 Å². The van der Waals surface area contributed by atoms with Gasteiger partial charge in [-0.2, -0.15) is 0 Å². The van der Waals surface area contributed by atoms with Crippen molar-refractivity contribution >= 4 is 74.6 Å². The van der Waals surface area contributed by atoms with E-state index in [1.54, 1.807) is 0 Å². The molecular formula is C46H28S. The summed E-state index contributed by atoms with van der Waals surface area (Å²) in [5.74, 6) is 0. The van der Waals surface area contributed by atoms with Gasteiger partial charge in [0.2, 0.25) is 0 Å². The number of hydrogen-bond donors (Lipinski definition) is 0. The molecule has 9 aromatic carbocycles. The van der Waals surface area contributed by atoms with Gasteiger partial charge in [0.15, 0.2) is 0 Å². The lowest BCUT2D eigenvalue weighted by Crippen LogP contribution is -1.91. The van der Waals surface area contributed by atoms with E-state index < -0.39 is 0 Å². The molecule has 0 bridgehead atoms. The molecule has 0 aliphatic rings. The molecule has 0 radical (unpaired) electrons. The first-order valence-corrected chi connectivity index (χ1v) is 17.0. The van der Waals surface area contributed by atoms with E-state index in [9.17, 15) is 0 Å². The Balaban J connectivity index is 1.18. The fraction of sp³-hybridized carbons (Fsp3) is 0. The Kier molecular flexibility index (Phi) is 5.85. The molecule has 1 heteroatoms. The Bertz CT molecular complexity index is 2780. The van der Waals surface area contributed by atoms with Crippen LogP contribution < -0.4 is 0 Å². The van der Waals surface area contributed by atoms with Gasteiger partial charge in [0.25, 0.3) is 0 Å². The third-order valence-electron chi connectivity index (χ3n) is 9.86. The molecule has 47 heavy (non-hydrogen) atoms. The highest BCUT2D eigenvalue weighted by Gasteiger charge is 2.18. The molecule has 0 aliphatic heterocycles. The van der Waals surface area contributed by atoms with E-state index in [-0.39, 0.29) is 0 Å². The minimum atomic E-state index is 1.24. The van der Waals surface area contributed by atoms with Crippen LogP contribution in [0.5, 0.6) is 0 Å². The van der Waals surface area contributed by atoms with Gasteiger partial charge in [0.05, 0.1) is 0 Å². The zero-order chi connectivity index (χ0) is 30.9. The highest BCUT2D eigenvalue weighted by atomic mass is 32.1. The number of benzene rings is 9. The third-order valence-corrected chi connectivity index (χ3v) is 11.1. The molecule has 0 aliphatic carbocycles. The monoisotopic (exact) mass is 612 g/mol. The van der Waals surface area contributed by atoms with Crippen molar-refractivity contribution in [3.63, 3.8) is 0 Å². The van der Waals surface area contributed by atoms with E-state index in [1.807, 2.05) is 11.3 Å². The SMILES string of the molecule is c1ccc2c(c1)ccc1ccc(-c3c4ccccc4c(-c4ccc(-c5cccc6c5sc5ccccc56)cc4)c4ccccc34)cc12. The summed E-state index contributed by atoms with van der Waals surface area (Å²) in [5.41, 5.74) is 7.62. The van der Waals surface area contributed by atoms with E-state index in [2.05, 4.69) is 170 Å². The highest BCUT2D eigenvalue weighted by molar-refractivity contribution is 7.26. The van der Waals surface area contributed by atoms with Crippen molar-refractivity contribution in [1.82, 2.24) is 0 Å². The zero-order valence-electron chi connectivity index (χ0n) is 25.6. The largest absolute Gasteiger partial charge is 0.135 e. The Hall–Kier alpha value is -5.76. The molecule has 0 saturated heterocycles. The van der Waals surface area contributed by atoms with Crippen LogP contribution in [-0.2, 0) is 0 Å². The Morgan fingerprint density at radius 3 is 1.49 bits per heavy atom. The molecule has 0 nitrogen and oxygen atoms in total. The number of fused-ring (bicyclic) bond motifs is 8. The fourth-order valence-electron chi connectivity index (χ4n) is 7.70. The van der Waals surface area contributed by atoms with Gasteiger partial charge in [-0.1, -0.05) is 158 Å². The fourth-order valence-corrected chi connectivity index (χ4v) is 8.94. The van der Waals surface area contributed by atoms with Gasteiger partial charge >= 0.3 is 0 Å². The molecule has 0 amide bonds. The molecule has 1 heterocycles. The number of hydrogen-bond acceptors (Lipinski definition) is 1. The van der Waals surface area contributed by atoms with Crippen LogP contribution in [0.4, 0.5) is 0 Å². The third kappa shape index (κ3) is 4.07. The van der Waals surface area contributed by atoms with Crippen LogP contribution in [0.15, 0.2) is 170 Å². The van der Waals surface area contributed by atoms with Crippen LogP contribution in [0, 0.1) is 0 Å². The Morgan fingerprint density at radius 1 is 0.298 bits per heavy atom. The average Bonchev–Trinajstić information content (AvgIpc) is 3.53. The van der Waals surface area contributed by atoms with Crippen LogP contribution in [-0.4, -0.2) is 0 Å². The molecule has 0 atom stereocenters. The summed E-state index contributed by atoms with van der Waals surface area (Å²) in [4.78, 5) is 0. The molecule has 0 unspecified atom stereocenters. The van der Waals surface area contributed by atoms with E-state index in [1.165, 1.54) is 96.6 Å². The average molecular weight is 613 g/mol. The number of thiophene rings is 1. The summed E-state index contributed by atoms with van der Waals surface area (Å²) in [6, 6.07) is 62.7. The topological polar surface area (TPSA) is 0 Å². The van der Waals surface area contributed by atoms with E-state index in [0.29, 0.717) is 0 Å². The van der Waals surface area contributed by atoms with E-state index >= 15 is 0 Å². The van der Waals surface area contributed by atoms with Gasteiger partial charge in [-0.25, -0.2) is 0 Å². The van der Waals surface area contributed by atoms with Crippen LogP contribution in [0.2, 0.25) is 0 Å². The first-order valence-electron chi connectivity index (χ1n) is 16.2. The molecule has 218 valence electrons. The summed E-state index contributed by atoms with van der Waals surface area (Å²) >= 11 is 1.89. The van der Waals surface area contributed by atoms with Crippen LogP contribution in [0.1, 0.15) is 0 Å². The maximum Gasteiger partial charge on any atom is 0.0433 e. The van der Waals surface area contributed by atoms with Crippen LogP contribution in [0.3, 0.4) is 0 Å². The second-order valence-electron chi connectivity index (χ2n) is 12.4. The summed E-state index contributed by atoms with van der Waals surface area (Å²) in [5, 5.41) is 12.9. The molecule has 0 fully saturated rings. The number of rotatable bonds is 3. The summed E-state index contributed by atoms with van der Waals surface area (Å²) < 4.78 is 2.69. The first-order chi connectivity index (χ1) is 23.3. The zero-order valence-corrected chi connectivity index (χ0v) is 26.4. The standard InChI is InChI=1S/C46H28S/c1-2-11-34-29(10-1)20-21-31-24-27-33(28-42(31)34)45-39-15-5-3-13-37(39)44(38-14-4-6-16-40(38)45)32-25-22-30(23-26-32)35-17-9-18-41-36-12-7-8-19-43(36)47-46(35)41/h1-28H. The second-order valence-corrected chi connectivity index (χ2v) is 13.5. The predicted molar refractivity (Wildman–Crippen MR) is 206 cm³/mol. The summed E-state index contributed by atoms with van der Waals surface area (Å²) in [6.45, 7) is 0. The minimum absolute atomic E-state index is 1.24. The Morgan fingerprint density at radius 2 is 0.787 bits per heavy atom. The first kappa shape index (κ1) is 26.5. The van der Waals surface area contributed by atoms with Crippen molar-refractivity contribution in [2.75, 3.05) is 0 Å². The lowest BCUT2D eigenvalue weighted by Gasteiger charge is -2.18. The van der Waals surface area contributed by atoms with E-state index in [0.717, 1.165) is 0 Å². The van der Waals surface area contributed by atoms with Crippen LogP contribution in [0.25, 0.3) is 96.6 Å². The van der Waals surface area contributed by atoms with E-state index in [4.69, 9.17) is 0 Å². The van der Waals surface area contributed by atoms with Crippen molar-refractivity contribution in [3.8, 4) is 33.4 Å². The molecule has 10 rings (SSSR count). The smallest absolute Gasteiger partial charge is 0.0433 e. The van der Waals surface area contributed by atoms with Gasteiger partial charge in [-0.15, -0.1) is 11.3 Å². The molecule has 0 saturated carbocycles. The Labute approximate surface area is 276 Å². The lowest BCUT2D eigenvalue weighted by atomic mass is 9.85. The minimum Gasteiger partial charge on any atom is -0.135 e. The molecule has 0 N–H and O–H groups in total. The van der Waals surface area contributed by atoms with Crippen LogP contribution >= 0.6 is 11.3 Å². The maximum atomic E-state index is 2.40. The molecule has 10 aromatic rings. The van der Waals surface area contributed by atoms with Gasteiger partial charge in [-0.3, -0.25) is 0 Å². The second kappa shape index (κ2) is 10.4. The van der Waals surface area contributed by atoms with Crippen molar-refractivity contribution in [2.24, 2.45) is 0 Å². The van der Waals surface area contributed by atoms with Crippen molar-refractivity contribution in [3.05, 3.63) is 170 Å². The summed E-state index contributed by atoms with van der Waals surface area (Å²) in [6.07, 6.45) is 0. The quantitative estimate of drug-likeness (QED) is 0.138. The molecule has 1 aromatic heterocycles. The summed E-state index contributed by atoms with van der Waals surface area (Å²) in [7, 11) is 0. The van der Waals surface area contributed by atoms with Crippen molar-refractivity contribution in [1.29, 1.82) is 0 Å². The molecular weight excluding hydrogens is 585 g/mol. The van der Waals surface area contributed by atoms with Crippen molar-refractivity contribution in [2.45, 2.75) is 0 Å². The van der Waals surface area contributed by atoms with Crippen molar-refractivity contribution < 1.29 is 0 Å². The normalized spacial score (nSPS) is 11.8. The van der Waals surface area contributed by atoms with Gasteiger partial charge < -0.3 is 0 Å². The molecule has 0 spiro atoms. The maximum absolute atomic E-state index is 2.40. The predicted octanol–water partition coefficient (Wildman–Crippen LogP) is 13.7. The van der Waals surface area contributed by atoms with Gasteiger partial charge in [0, 0.05) is 20.2 Å². The van der Waals surface area contributed by atoms with Gasteiger partial charge in [0.1, 0.15) is 0 Å².